The average molecular weight is 408 g/mol. The first-order valence-corrected chi connectivity index (χ1v) is 10.3. The van der Waals surface area contributed by atoms with Gasteiger partial charge < -0.3 is 9.84 Å². The number of aliphatic carboxylic acids is 1. The van der Waals surface area contributed by atoms with E-state index >= 15 is 0 Å². The minimum absolute atomic E-state index is 0.101. The number of pyridine rings is 1. The third kappa shape index (κ3) is 4.37. The normalized spacial score (nSPS) is 12.3. The minimum Gasteiger partial charge on any atom is -0.490 e. The standard InChI is InChI=1S/C24H28N2O4/c1-5-30-21-11-8-12-26-23(16(4)25-24(21)26)20(27)13-17(14-22(28)29)19-10-7-6-9-18(19)15(2)3/h6-12,15,17H,5,13-14H2,1-4H3,(H,28,29). The fraction of sp³-hybridized carbons (Fsp3) is 0.375. The van der Waals surface area contributed by atoms with Gasteiger partial charge in [0.1, 0.15) is 5.69 Å². The second-order valence-corrected chi connectivity index (χ2v) is 7.75. The maximum absolute atomic E-state index is 13.4. The molecule has 158 valence electrons. The predicted molar refractivity (Wildman–Crippen MR) is 116 cm³/mol. The summed E-state index contributed by atoms with van der Waals surface area (Å²) in [6, 6.07) is 11.4. The minimum atomic E-state index is -0.917. The summed E-state index contributed by atoms with van der Waals surface area (Å²) < 4.78 is 7.38. The van der Waals surface area contributed by atoms with Crippen molar-refractivity contribution in [2.75, 3.05) is 6.61 Å². The van der Waals surface area contributed by atoms with E-state index < -0.39 is 11.9 Å². The SMILES string of the molecule is CCOc1cccn2c(C(=O)CC(CC(=O)O)c3ccccc3C(C)C)c(C)nc12. The zero-order chi connectivity index (χ0) is 21.8. The molecule has 3 aromatic rings. The number of aryl methyl sites for hydroxylation is 1. The van der Waals surface area contributed by atoms with E-state index in [0.717, 1.165) is 11.1 Å². The van der Waals surface area contributed by atoms with Crippen LogP contribution in [0.5, 0.6) is 5.75 Å². The molecule has 30 heavy (non-hydrogen) atoms. The van der Waals surface area contributed by atoms with Crippen molar-refractivity contribution in [1.82, 2.24) is 9.38 Å². The van der Waals surface area contributed by atoms with E-state index in [2.05, 4.69) is 18.8 Å². The quantitative estimate of drug-likeness (QED) is 0.504. The number of carbonyl (C=O) groups is 2. The number of benzene rings is 1. The van der Waals surface area contributed by atoms with Crippen LogP contribution < -0.4 is 4.74 Å². The largest absolute Gasteiger partial charge is 0.490 e. The van der Waals surface area contributed by atoms with Gasteiger partial charge in [0, 0.05) is 18.5 Å². The Labute approximate surface area is 176 Å². The summed E-state index contributed by atoms with van der Waals surface area (Å²) in [5, 5.41) is 9.49. The molecule has 1 N–H and O–H groups in total. The fourth-order valence-electron chi connectivity index (χ4n) is 3.99. The molecule has 2 aromatic heterocycles. The van der Waals surface area contributed by atoms with Crippen molar-refractivity contribution >= 4 is 17.4 Å². The number of carboxylic acid groups (broad SMARTS) is 1. The van der Waals surface area contributed by atoms with Crippen molar-refractivity contribution in [3.63, 3.8) is 0 Å². The molecule has 0 saturated carbocycles. The molecule has 2 heterocycles. The molecule has 6 nitrogen and oxygen atoms in total. The van der Waals surface area contributed by atoms with E-state index in [1.807, 2.05) is 43.3 Å². The van der Waals surface area contributed by atoms with Crippen molar-refractivity contribution in [1.29, 1.82) is 0 Å². The molecule has 0 amide bonds. The highest BCUT2D eigenvalue weighted by Crippen LogP contribution is 2.33. The second-order valence-electron chi connectivity index (χ2n) is 7.75. The lowest BCUT2D eigenvalue weighted by atomic mass is 9.84. The first-order chi connectivity index (χ1) is 14.3. The summed E-state index contributed by atoms with van der Waals surface area (Å²) in [7, 11) is 0. The van der Waals surface area contributed by atoms with E-state index in [0.29, 0.717) is 29.4 Å². The molecular weight excluding hydrogens is 380 g/mol. The monoisotopic (exact) mass is 408 g/mol. The van der Waals surface area contributed by atoms with Gasteiger partial charge in [0.2, 0.25) is 0 Å². The van der Waals surface area contributed by atoms with Gasteiger partial charge in [-0.25, -0.2) is 4.98 Å². The lowest BCUT2D eigenvalue weighted by Crippen LogP contribution is -2.15. The Bertz CT molecular complexity index is 1070. The van der Waals surface area contributed by atoms with Crippen LogP contribution in [0.1, 0.15) is 72.8 Å². The summed E-state index contributed by atoms with van der Waals surface area (Å²) in [6.45, 7) is 8.34. The maximum atomic E-state index is 13.4. The van der Waals surface area contributed by atoms with Crippen LogP contribution in [0, 0.1) is 6.92 Å². The summed E-state index contributed by atoms with van der Waals surface area (Å²) in [4.78, 5) is 29.5. The van der Waals surface area contributed by atoms with Gasteiger partial charge in [-0.2, -0.15) is 0 Å². The van der Waals surface area contributed by atoms with Gasteiger partial charge >= 0.3 is 5.97 Å². The number of ether oxygens (including phenoxy) is 1. The average Bonchev–Trinajstić information content (AvgIpc) is 3.04. The van der Waals surface area contributed by atoms with Crippen molar-refractivity contribution in [3.8, 4) is 5.75 Å². The number of hydrogen-bond donors (Lipinski definition) is 1. The molecule has 0 aliphatic rings. The van der Waals surface area contributed by atoms with Crippen LogP contribution in [0.3, 0.4) is 0 Å². The Morgan fingerprint density at radius 3 is 2.43 bits per heavy atom. The summed E-state index contributed by atoms with van der Waals surface area (Å²) >= 11 is 0. The first-order valence-electron chi connectivity index (χ1n) is 10.3. The Kier molecular flexibility index (Phi) is 6.55. The Morgan fingerprint density at radius 1 is 1.10 bits per heavy atom. The Balaban J connectivity index is 2.01. The number of carboxylic acids is 1. The smallest absolute Gasteiger partial charge is 0.303 e. The van der Waals surface area contributed by atoms with Crippen LogP contribution in [-0.4, -0.2) is 32.9 Å². The van der Waals surface area contributed by atoms with Crippen molar-refractivity contribution in [2.24, 2.45) is 0 Å². The van der Waals surface area contributed by atoms with Gasteiger partial charge in [-0.1, -0.05) is 38.1 Å². The van der Waals surface area contributed by atoms with Gasteiger partial charge in [0.25, 0.3) is 0 Å². The Hall–Kier alpha value is -3.15. The first kappa shape index (κ1) is 21.6. The van der Waals surface area contributed by atoms with Gasteiger partial charge in [-0.05, 0) is 43.0 Å². The van der Waals surface area contributed by atoms with E-state index in [1.54, 1.807) is 17.5 Å². The van der Waals surface area contributed by atoms with Gasteiger partial charge in [-0.3, -0.25) is 14.0 Å². The van der Waals surface area contributed by atoms with E-state index in [9.17, 15) is 14.7 Å². The third-order valence-electron chi connectivity index (χ3n) is 5.26. The highest BCUT2D eigenvalue weighted by Gasteiger charge is 2.26. The molecular formula is C24H28N2O4. The topological polar surface area (TPSA) is 80.9 Å². The molecule has 0 radical (unpaired) electrons. The molecule has 0 aliphatic heterocycles. The summed E-state index contributed by atoms with van der Waals surface area (Å²) in [5.74, 6) is -0.597. The molecule has 1 atom stereocenters. The molecule has 0 spiro atoms. The van der Waals surface area contributed by atoms with Gasteiger partial charge in [-0.15, -0.1) is 0 Å². The molecule has 0 aliphatic carbocycles. The van der Waals surface area contributed by atoms with Crippen LogP contribution in [0.25, 0.3) is 5.65 Å². The molecule has 6 heteroatoms. The van der Waals surface area contributed by atoms with Crippen molar-refractivity contribution < 1.29 is 19.4 Å². The lowest BCUT2D eigenvalue weighted by molar-refractivity contribution is -0.137. The molecule has 0 bridgehead atoms. The number of nitrogens with zero attached hydrogens (tertiary/aromatic N) is 2. The predicted octanol–water partition coefficient (Wildman–Crippen LogP) is 5.00. The van der Waals surface area contributed by atoms with Crippen LogP contribution in [0.4, 0.5) is 0 Å². The van der Waals surface area contributed by atoms with Crippen LogP contribution in [0.15, 0.2) is 42.6 Å². The third-order valence-corrected chi connectivity index (χ3v) is 5.26. The number of Topliss-reactive ketones (excluding diaryl/α,β-unsaturated/α-hetero) is 1. The number of aromatic nitrogens is 2. The summed E-state index contributed by atoms with van der Waals surface area (Å²) in [6.07, 6.45) is 1.79. The zero-order valence-corrected chi connectivity index (χ0v) is 17.9. The number of hydrogen-bond acceptors (Lipinski definition) is 4. The van der Waals surface area contributed by atoms with Crippen LogP contribution in [0.2, 0.25) is 0 Å². The van der Waals surface area contributed by atoms with E-state index in [1.165, 1.54) is 0 Å². The second kappa shape index (κ2) is 9.11. The van der Waals surface area contributed by atoms with E-state index in [4.69, 9.17) is 4.74 Å². The van der Waals surface area contributed by atoms with Crippen LogP contribution >= 0.6 is 0 Å². The van der Waals surface area contributed by atoms with Gasteiger partial charge in [0.15, 0.2) is 17.2 Å². The number of ketones is 1. The Morgan fingerprint density at radius 2 is 1.80 bits per heavy atom. The number of imidazole rings is 1. The highest BCUT2D eigenvalue weighted by molar-refractivity contribution is 5.97. The molecule has 0 saturated heterocycles. The highest BCUT2D eigenvalue weighted by atomic mass is 16.5. The molecule has 0 fully saturated rings. The number of rotatable bonds is 9. The molecule has 1 unspecified atom stereocenters. The van der Waals surface area contributed by atoms with Gasteiger partial charge in [0.05, 0.1) is 18.7 Å². The molecule has 3 rings (SSSR count). The zero-order valence-electron chi connectivity index (χ0n) is 17.9. The van der Waals surface area contributed by atoms with Crippen LogP contribution in [-0.2, 0) is 4.79 Å². The number of carbonyl (C=O) groups excluding carboxylic acids is 1. The van der Waals surface area contributed by atoms with E-state index in [-0.39, 0.29) is 24.5 Å². The van der Waals surface area contributed by atoms with Crippen molar-refractivity contribution in [2.45, 2.75) is 52.4 Å². The van der Waals surface area contributed by atoms with Crippen molar-refractivity contribution in [3.05, 3.63) is 65.1 Å². The molecule has 1 aromatic carbocycles. The number of fused-ring (bicyclic) bond motifs is 1. The lowest BCUT2D eigenvalue weighted by Gasteiger charge is -2.20. The maximum Gasteiger partial charge on any atom is 0.303 e. The fourth-order valence-corrected chi connectivity index (χ4v) is 3.99. The summed E-state index contributed by atoms with van der Waals surface area (Å²) in [5.41, 5.74) is 3.68.